The number of hydrogen-bond donors (Lipinski definition) is 3. The zero-order chi connectivity index (χ0) is 29.3. The number of nitrogens with one attached hydrogen (secondary N) is 1. The molecule has 2 amide bonds. The zero-order valence-electron chi connectivity index (χ0n) is 22.3. The van der Waals surface area contributed by atoms with Crippen LogP contribution in [0.25, 0.3) is 0 Å². The zero-order valence-corrected chi connectivity index (χ0v) is 24.7. The van der Waals surface area contributed by atoms with Crippen molar-refractivity contribution in [1.82, 2.24) is 15.2 Å². The van der Waals surface area contributed by atoms with E-state index in [0.717, 1.165) is 22.2 Å². The van der Waals surface area contributed by atoms with Crippen LogP contribution in [-0.4, -0.2) is 88.9 Å². The molecule has 2 aromatic heterocycles. The van der Waals surface area contributed by atoms with Crippen molar-refractivity contribution in [2.45, 2.75) is 25.3 Å². The number of anilines is 2. The quantitative estimate of drug-likeness (QED) is 0.111. The van der Waals surface area contributed by atoms with E-state index in [9.17, 15) is 24.3 Å². The van der Waals surface area contributed by atoms with Crippen LogP contribution >= 0.6 is 34.4 Å². The van der Waals surface area contributed by atoms with E-state index in [2.05, 4.69) is 15.5 Å². The second kappa shape index (κ2) is 11.8. The minimum atomic E-state index is -1.25. The molecular formula is C23H28N7O7S3+. The van der Waals surface area contributed by atoms with Crippen LogP contribution in [0.2, 0.25) is 0 Å². The molecule has 14 nitrogen and oxygen atoms in total. The Hall–Kier alpha value is -3.70. The number of carbonyl (C=O) groups is 4. The van der Waals surface area contributed by atoms with Gasteiger partial charge in [-0.15, -0.1) is 23.1 Å². The molecule has 2 unspecified atom stereocenters. The lowest BCUT2D eigenvalue weighted by Crippen LogP contribution is -2.71. The summed E-state index contributed by atoms with van der Waals surface area (Å²) in [5, 5.41) is 18.3. The van der Waals surface area contributed by atoms with Gasteiger partial charge in [-0.05, 0) is 25.2 Å². The average Bonchev–Trinajstić information content (AvgIpc) is 3.47. The Labute approximate surface area is 241 Å². The molecule has 17 heteroatoms. The third-order valence-corrected chi connectivity index (χ3v) is 9.67. The molecular weight excluding hydrogens is 582 g/mol. The number of thiazole rings is 2. The molecule has 2 atom stereocenters. The fraction of sp³-hybridized carbons (Fsp3) is 0.435. The van der Waals surface area contributed by atoms with Gasteiger partial charge in [0, 0.05) is 16.7 Å². The maximum atomic E-state index is 13.1. The second-order valence-corrected chi connectivity index (χ2v) is 11.7. The van der Waals surface area contributed by atoms with Crippen molar-refractivity contribution in [3.8, 4) is 0 Å². The smallest absolute Gasteiger partial charge is 0.352 e. The monoisotopic (exact) mass is 610 g/mol. The first-order chi connectivity index (χ1) is 19.0. The van der Waals surface area contributed by atoms with Gasteiger partial charge < -0.3 is 25.7 Å². The molecule has 4 N–H and O–H groups in total. The van der Waals surface area contributed by atoms with Crippen molar-refractivity contribution in [1.29, 1.82) is 0 Å². The molecule has 1 saturated heterocycles. The predicted octanol–water partition coefficient (Wildman–Crippen LogP) is 0.322. The number of likely N-dealkylation sites (N-methyl/N-ethyl adjacent to an activating group) is 1. The summed E-state index contributed by atoms with van der Waals surface area (Å²) < 4.78 is 6.98. The number of aliphatic carboxylic acids is 1. The average molecular weight is 611 g/mol. The number of thioether (sulfide) groups is 1. The lowest BCUT2D eigenvalue weighted by atomic mass is 10.0. The molecule has 0 saturated carbocycles. The number of carbonyl (C=O) groups excluding carboxylic acids is 3. The van der Waals surface area contributed by atoms with E-state index in [1.807, 2.05) is 23.4 Å². The van der Waals surface area contributed by atoms with Crippen LogP contribution in [-0.2, 0) is 31.0 Å². The highest BCUT2D eigenvalue weighted by Crippen LogP contribution is 2.41. The fourth-order valence-electron chi connectivity index (χ4n) is 4.31. The van der Waals surface area contributed by atoms with E-state index in [1.54, 1.807) is 14.0 Å². The van der Waals surface area contributed by atoms with Crippen LogP contribution < -0.4 is 20.5 Å². The van der Waals surface area contributed by atoms with E-state index in [1.165, 1.54) is 40.5 Å². The topological polar surface area (TPSA) is 181 Å². The molecule has 0 spiro atoms. The largest absolute Gasteiger partial charge is 0.477 e. The lowest BCUT2D eigenvalue weighted by Gasteiger charge is -2.49. The number of esters is 1. The Kier molecular flexibility index (Phi) is 8.65. The lowest BCUT2D eigenvalue weighted by molar-refractivity contribution is -0.660. The number of nitrogen functional groups attached to an aromatic ring is 1. The van der Waals surface area contributed by atoms with E-state index in [0.29, 0.717) is 16.2 Å². The number of nitrogens with zero attached hydrogens (tertiary/aromatic N) is 5. The van der Waals surface area contributed by atoms with Crippen LogP contribution in [0.3, 0.4) is 0 Å². The first kappa shape index (κ1) is 29.3. The number of β-lactam (4-membered cyclic amide) rings is 1. The third-order valence-electron chi connectivity index (χ3n) is 6.23. The molecule has 1 fully saturated rings. The summed E-state index contributed by atoms with van der Waals surface area (Å²) in [5.41, 5.74) is 6.84. The summed E-state index contributed by atoms with van der Waals surface area (Å²) in [6, 6.07) is -0.964. The second-order valence-electron chi connectivity index (χ2n) is 8.75. The molecule has 0 aromatic carbocycles. The van der Waals surface area contributed by atoms with Gasteiger partial charge in [0.25, 0.3) is 11.8 Å². The van der Waals surface area contributed by atoms with Gasteiger partial charge in [0.2, 0.25) is 0 Å². The van der Waals surface area contributed by atoms with Crippen molar-refractivity contribution in [2.75, 3.05) is 43.7 Å². The minimum absolute atomic E-state index is 0.120. The number of oxime groups is 1. The Morgan fingerprint density at radius 1 is 1.40 bits per heavy atom. The molecule has 4 rings (SSSR count). The first-order valence-corrected chi connectivity index (χ1v) is 14.7. The van der Waals surface area contributed by atoms with E-state index in [4.69, 9.17) is 15.3 Å². The highest BCUT2D eigenvalue weighted by molar-refractivity contribution is 8.00. The molecule has 40 heavy (non-hydrogen) atoms. The number of amides is 2. The number of rotatable bonds is 10. The molecule has 0 bridgehead atoms. The maximum Gasteiger partial charge on any atom is 0.352 e. The molecule has 4 heterocycles. The SMILES string of the molecule is CCOC(=O)c1sc(N(C)CC2=C(C(=O)O)N3C(=O)C(NC(=O)/C(=N\OC)c4csc(N)n4)C3SC2)[n+](C)c1C. The highest BCUT2D eigenvalue weighted by atomic mass is 32.2. The highest BCUT2D eigenvalue weighted by Gasteiger charge is 2.54. The maximum absolute atomic E-state index is 13.1. The van der Waals surface area contributed by atoms with Gasteiger partial charge in [0.1, 0.15) is 42.2 Å². The molecule has 2 aromatic rings. The Balaban J connectivity index is 1.53. The number of nitrogens with two attached hydrogens (primary N) is 1. The summed E-state index contributed by atoms with van der Waals surface area (Å²) in [7, 11) is 4.87. The van der Waals surface area contributed by atoms with Gasteiger partial charge in [-0.25, -0.2) is 19.1 Å². The van der Waals surface area contributed by atoms with Gasteiger partial charge in [0.15, 0.2) is 15.7 Å². The standard InChI is InChI=1S/C23H27N7O7S3/c1-6-37-21(35)16-10(2)29(4)23(40-16)28(3)7-11-8-38-19-14(18(32)30(19)15(11)20(33)34)26-17(31)13(27-36-5)12-9-39-22(24)25-12/h9,14,19H,6-8H2,1-5H3,(H3-,24,25,26,31,33,34)/p+1/b27-13-. The number of carboxylic acids is 1. The van der Waals surface area contributed by atoms with Gasteiger partial charge in [-0.1, -0.05) is 5.16 Å². The Morgan fingerprint density at radius 2 is 2.12 bits per heavy atom. The molecule has 0 aliphatic carbocycles. The van der Waals surface area contributed by atoms with Crippen molar-refractivity contribution >= 4 is 74.2 Å². The van der Waals surface area contributed by atoms with Gasteiger partial charge in [-0.2, -0.15) is 0 Å². The number of hydrogen-bond acceptors (Lipinski definition) is 13. The van der Waals surface area contributed by atoms with E-state index >= 15 is 0 Å². The molecule has 0 radical (unpaired) electrons. The molecule has 214 valence electrons. The molecule has 2 aliphatic rings. The van der Waals surface area contributed by atoms with E-state index in [-0.39, 0.29) is 35.4 Å². The van der Waals surface area contributed by atoms with Gasteiger partial charge in [-0.3, -0.25) is 19.4 Å². The van der Waals surface area contributed by atoms with Crippen molar-refractivity contribution in [3.05, 3.63) is 32.9 Å². The first-order valence-electron chi connectivity index (χ1n) is 11.9. The number of ether oxygens (including phenoxy) is 1. The third kappa shape index (κ3) is 5.35. The summed E-state index contributed by atoms with van der Waals surface area (Å²) in [4.78, 5) is 63.1. The Morgan fingerprint density at radius 3 is 2.73 bits per heavy atom. The van der Waals surface area contributed by atoms with Crippen LogP contribution in [0.1, 0.15) is 28.0 Å². The summed E-state index contributed by atoms with van der Waals surface area (Å²) in [5.74, 6) is -2.61. The van der Waals surface area contributed by atoms with Crippen LogP contribution in [0.5, 0.6) is 0 Å². The van der Waals surface area contributed by atoms with Crippen molar-refractivity contribution in [2.24, 2.45) is 12.2 Å². The van der Waals surface area contributed by atoms with Gasteiger partial charge in [0.05, 0.1) is 20.7 Å². The minimum Gasteiger partial charge on any atom is -0.477 e. The number of aromatic nitrogens is 2. The summed E-state index contributed by atoms with van der Waals surface area (Å²) in [6.07, 6.45) is 0. The summed E-state index contributed by atoms with van der Waals surface area (Å²) >= 11 is 3.71. The summed E-state index contributed by atoms with van der Waals surface area (Å²) in [6.45, 7) is 4.00. The number of fused-ring (bicyclic) bond motifs is 1. The number of carboxylic acid groups (broad SMARTS) is 1. The predicted molar refractivity (Wildman–Crippen MR) is 149 cm³/mol. The fourth-order valence-corrected chi connectivity index (χ4v) is 7.30. The van der Waals surface area contributed by atoms with Crippen LogP contribution in [0, 0.1) is 6.92 Å². The van der Waals surface area contributed by atoms with Gasteiger partial charge >= 0.3 is 17.1 Å². The normalized spacial score (nSPS) is 18.7. The Bertz CT molecular complexity index is 1430. The van der Waals surface area contributed by atoms with E-state index < -0.39 is 35.2 Å². The molecule has 2 aliphatic heterocycles. The van der Waals surface area contributed by atoms with Crippen molar-refractivity contribution < 1.29 is 38.4 Å². The van der Waals surface area contributed by atoms with Crippen LogP contribution in [0.4, 0.5) is 10.3 Å². The van der Waals surface area contributed by atoms with Crippen LogP contribution in [0.15, 0.2) is 21.8 Å². The van der Waals surface area contributed by atoms with Crippen molar-refractivity contribution in [3.63, 3.8) is 0 Å².